The summed E-state index contributed by atoms with van der Waals surface area (Å²) < 4.78 is 20.2. The van der Waals surface area contributed by atoms with Crippen LogP contribution in [0.15, 0.2) is 53.7 Å². The van der Waals surface area contributed by atoms with Gasteiger partial charge < -0.3 is 20.1 Å². The molecule has 8 nitrogen and oxygen atoms in total. The smallest absolute Gasteiger partial charge is 0.328 e. The van der Waals surface area contributed by atoms with Crippen molar-refractivity contribution in [3.63, 3.8) is 0 Å². The molecule has 4 aromatic rings. The molecule has 1 aromatic carbocycles. The molecular weight excluding hydrogens is 423 g/mol. The van der Waals surface area contributed by atoms with Crippen molar-refractivity contribution in [2.24, 2.45) is 14.1 Å². The highest BCUT2D eigenvalue weighted by Crippen LogP contribution is 2.24. The van der Waals surface area contributed by atoms with Gasteiger partial charge in [0.15, 0.2) is 0 Å². The molecule has 0 aliphatic heterocycles. The van der Waals surface area contributed by atoms with E-state index < -0.39 is 18.3 Å². The number of aliphatic hydroxyl groups is 1. The number of aryl methyl sites for hydroxylation is 2. The Bertz CT molecular complexity index is 1330. The SMILES string of the molecule is Cn1c(=O)n(C)c2cc(CN[C@@H]3[C@H](O)C[C@@H](NCc4cccn5ccnc45)C[C@@H]3F)ccc21. The average Bonchev–Trinajstić information content (AvgIpc) is 3.37. The van der Waals surface area contributed by atoms with E-state index >= 15 is 4.39 Å². The van der Waals surface area contributed by atoms with Crippen molar-refractivity contribution in [2.45, 2.75) is 50.3 Å². The third kappa shape index (κ3) is 4.07. The summed E-state index contributed by atoms with van der Waals surface area (Å²) in [6.45, 7) is 0.987. The Labute approximate surface area is 190 Å². The second-order valence-electron chi connectivity index (χ2n) is 8.95. The lowest BCUT2D eigenvalue weighted by Crippen LogP contribution is -2.54. The zero-order chi connectivity index (χ0) is 23.1. The van der Waals surface area contributed by atoms with Crippen LogP contribution in [0.5, 0.6) is 0 Å². The van der Waals surface area contributed by atoms with Crippen molar-refractivity contribution < 1.29 is 9.50 Å². The van der Waals surface area contributed by atoms with Gasteiger partial charge in [-0.25, -0.2) is 14.2 Å². The van der Waals surface area contributed by atoms with Gasteiger partial charge in [-0.2, -0.15) is 0 Å². The summed E-state index contributed by atoms with van der Waals surface area (Å²) in [4.78, 5) is 16.5. The first kappa shape index (κ1) is 21.8. The average molecular weight is 453 g/mol. The number of fused-ring (bicyclic) bond motifs is 2. The van der Waals surface area contributed by atoms with Crippen LogP contribution in [-0.2, 0) is 27.2 Å². The van der Waals surface area contributed by atoms with Crippen molar-refractivity contribution >= 4 is 16.7 Å². The maximum absolute atomic E-state index is 15.0. The van der Waals surface area contributed by atoms with Crippen LogP contribution in [-0.4, -0.2) is 48.0 Å². The largest absolute Gasteiger partial charge is 0.391 e. The number of nitrogens with zero attached hydrogens (tertiary/aromatic N) is 4. The van der Waals surface area contributed by atoms with Crippen molar-refractivity contribution in [2.75, 3.05) is 0 Å². The van der Waals surface area contributed by atoms with Gasteiger partial charge in [-0.15, -0.1) is 0 Å². The van der Waals surface area contributed by atoms with Crippen LogP contribution in [0.25, 0.3) is 16.7 Å². The molecule has 1 fully saturated rings. The molecule has 0 spiro atoms. The van der Waals surface area contributed by atoms with Crippen molar-refractivity contribution in [3.8, 4) is 0 Å². The molecular formula is C24H29FN6O2. The van der Waals surface area contributed by atoms with E-state index in [0.717, 1.165) is 27.8 Å². The van der Waals surface area contributed by atoms with Crippen LogP contribution in [0.1, 0.15) is 24.0 Å². The van der Waals surface area contributed by atoms with Crippen molar-refractivity contribution in [1.29, 1.82) is 0 Å². The first-order valence-electron chi connectivity index (χ1n) is 11.3. The van der Waals surface area contributed by atoms with Gasteiger partial charge in [0.05, 0.1) is 23.2 Å². The van der Waals surface area contributed by atoms with Gasteiger partial charge in [0.25, 0.3) is 0 Å². The second-order valence-corrected chi connectivity index (χ2v) is 8.95. The molecule has 5 rings (SSSR count). The topological polar surface area (TPSA) is 88.5 Å². The molecule has 0 amide bonds. The van der Waals surface area contributed by atoms with E-state index in [4.69, 9.17) is 0 Å². The van der Waals surface area contributed by atoms with E-state index in [2.05, 4.69) is 15.6 Å². The molecule has 0 radical (unpaired) electrons. The van der Waals surface area contributed by atoms with Crippen LogP contribution in [0.2, 0.25) is 0 Å². The van der Waals surface area contributed by atoms with Crippen LogP contribution in [0.3, 0.4) is 0 Å². The molecule has 0 saturated heterocycles. The number of alkyl halides is 1. The Hall–Kier alpha value is -3.01. The highest BCUT2D eigenvalue weighted by molar-refractivity contribution is 5.76. The molecule has 3 aromatic heterocycles. The predicted octanol–water partition coefficient (Wildman–Crippen LogP) is 1.63. The molecule has 0 bridgehead atoms. The van der Waals surface area contributed by atoms with E-state index in [0.29, 0.717) is 25.9 Å². The van der Waals surface area contributed by atoms with E-state index in [1.165, 1.54) is 0 Å². The van der Waals surface area contributed by atoms with Gasteiger partial charge in [-0.1, -0.05) is 12.1 Å². The fourth-order valence-corrected chi connectivity index (χ4v) is 4.92. The Kier molecular flexibility index (Phi) is 5.77. The van der Waals surface area contributed by atoms with Crippen LogP contribution in [0, 0.1) is 0 Å². The number of rotatable bonds is 6. The molecule has 3 N–H and O–H groups in total. The number of aliphatic hydroxyl groups excluding tert-OH is 1. The van der Waals surface area contributed by atoms with Crippen LogP contribution in [0.4, 0.5) is 4.39 Å². The summed E-state index contributed by atoms with van der Waals surface area (Å²) in [6.07, 6.45) is 4.44. The molecule has 4 atom stereocenters. The fraction of sp³-hybridized carbons (Fsp3) is 0.417. The van der Waals surface area contributed by atoms with Gasteiger partial charge in [-0.05, 0) is 36.6 Å². The Morgan fingerprint density at radius 1 is 1.09 bits per heavy atom. The molecule has 1 aliphatic rings. The molecule has 33 heavy (non-hydrogen) atoms. The van der Waals surface area contributed by atoms with Gasteiger partial charge in [-0.3, -0.25) is 9.13 Å². The minimum Gasteiger partial charge on any atom is -0.391 e. The minimum atomic E-state index is -1.17. The van der Waals surface area contributed by atoms with Gasteiger partial charge >= 0.3 is 5.69 Å². The van der Waals surface area contributed by atoms with E-state index in [1.54, 1.807) is 29.4 Å². The molecule has 3 heterocycles. The lowest BCUT2D eigenvalue weighted by atomic mass is 9.86. The maximum Gasteiger partial charge on any atom is 0.328 e. The predicted molar refractivity (Wildman–Crippen MR) is 125 cm³/mol. The van der Waals surface area contributed by atoms with Crippen LogP contribution >= 0.6 is 0 Å². The van der Waals surface area contributed by atoms with Crippen molar-refractivity contribution in [3.05, 3.63) is 70.5 Å². The monoisotopic (exact) mass is 452 g/mol. The quantitative estimate of drug-likeness (QED) is 0.414. The summed E-state index contributed by atoms with van der Waals surface area (Å²) in [5, 5.41) is 17.3. The van der Waals surface area contributed by atoms with Gasteiger partial charge in [0.2, 0.25) is 0 Å². The lowest BCUT2D eigenvalue weighted by Gasteiger charge is -2.37. The Morgan fingerprint density at radius 3 is 2.73 bits per heavy atom. The normalized spacial score (nSPS) is 23.5. The van der Waals surface area contributed by atoms with E-state index in [-0.39, 0.29) is 11.7 Å². The Balaban J connectivity index is 1.20. The molecule has 174 valence electrons. The second kappa shape index (κ2) is 8.74. The highest BCUT2D eigenvalue weighted by Gasteiger charge is 2.36. The molecule has 9 heteroatoms. The fourth-order valence-electron chi connectivity index (χ4n) is 4.92. The standard InChI is InChI=1S/C24H29FN6O2/c1-29-19-6-5-15(10-20(19)30(2)24(29)33)13-28-22-18(25)11-17(12-21(22)32)27-14-16-4-3-8-31-9-7-26-23(16)31/h3-10,17-18,21-22,27-28,32H,11-14H2,1-2H3/t17-,18-,21+,22-/m0/s1. The summed E-state index contributed by atoms with van der Waals surface area (Å²) in [7, 11) is 3.49. The maximum atomic E-state index is 15.0. The summed E-state index contributed by atoms with van der Waals surface area (Å²) in [5.74, 6) is 0. The lowest BCUT2D eigenvalue weighted by molar-refractivity contribution is 0.0251. The molecule has 0 unspecified atom stereocenters. The van der Waals surface area contributed by atoms with E-state index in [1.807, 2.05) is 47.1 Å². The Morgan fingerprint density at radius 2 is 1.91 bits per heavy atom. The number of nitrogens with one attached hydrogen (secondary N) is 2. The number of imidazole rings is 2. The zero-order valence-electron chi connectivity index (χ0n) is 18.8. The number of pyridine rings is 1. The van der Waals surface area contributed by atoms with Crippen LogP contribution < -0.4 is 16.3 Å². The third-order valence-corrected chi connectivity index (χ3v) is 6.80. The summed E-state index contributed by atoms with van der Waals surface area (Å²) >= 11 is 0. The minimum absolute atomic E-state index is 0.0795. The number of hydrogen-bond donors (Lipinski definition) is 3. The number of benzene rings is 1. The molecule has 1 saturated carbocycles. The number of aromatic nitrogens is 4. The zero-order valence-corrected chi connectivity index (χ0v) is 18.8. The van der Waals surface area contributed by atoms with Gasteiger partial charge in [0, 0.05) is 57.4 Å². The molecule has 1 aliphatic carbocycles. The van der Waals surface area contributed by atoms with Crippen molar-refractivity contribution in [1.82, 2.24) is 29.2 Å². The summed E-state index contributed by atoms with van der Waals surface area (Å²) in [5.41, 5.74) is 4.47. The highest BCUT2D eigenvalue weighted by atomic mass is 19.1. The first-order valence-corrected chi connectivity index (χ1v) is 11.3. The van der Waals surface area contributed by atoms with E-state index in [9.17, 15) is 9.90 Å². The summed E-state index contributed by atoms with van der Waals surface area (Å²) in [6, 6.07) is 8.99. The van der Waals surface area contributed by atoms with Gasteiger partial charge in [0.1, 0.15) is 11.8 Å². The third-order valence-electron chi connectivity index (χ3n) is 6.80. The first-order chi connectivity index (χ1) is 15.9. The number of halogens is 1. The number of hydrogen-bond acceptors (Lipinski definition) is 5.